The molecule has 2 N–H and O–H groups in total. The Morgan fingerprint density at radius 1 is 1.26 bits per heavy atom. The number of nitrogens with one attached hydrogen (secondary N) is 2. The van der Waals surface area contributed by atoms with Crippen LogP contribution in [0.15, 0.2) is 24.3 Å². The third kappa shape index (κ3) is 6.56. The molecular formula is C17H27N3O3. The van der Waals surface area contributed by atoms with E-state index in [9.17, 15) is 4.79 Å². The van der Waals surface area contributed by atoms with Crippen LogP contribution in [0.2, 0.25) is 0 Å². The summed E-state index contributed by atoms with van der Waals surface area (Å²) in [5.41, 5.74) is 0.729. The second kappa shape index (κ2) is 10.2. The number of benzene rings is 1. The number of carbonyl (C=O) groups excluding carboxylic acids is 1. The third-order valence-corrected chi connectivity index (χ3v) is 3.70. The number of hydrogen-bond acceptors (Lipinski definition) is 5. The molecule has 0 atom stereocenters. The highest BCUT2D eigenvalue weighted by Gasteiger charge is 2.10. The summed E-state index contributed by atoms with van der Waals surface area (Å²) in [6.45, 7) is 8.71. The average Bonchev–Trinajstić information content (AvgIpc) is 2.57. The van der Waals surface area contributed by atoms with Gasteiger partial charge in [0.25, 0.3) is 0 Å². The maximum Gasteiger partial charge on any atom is 0.225 e. The van der Waals surface area contributed by atoms with Crippen molar-refractivity contribution >= 4 is 11.6 Å². The van der Waals surface area contributed by atoms with Gasteiger partial charge in [0.2, 0.25) is 5.91 Å². The van der Waals surface area contributed by atoms with Crippen LogP contribution < -0.4 is 15.4 Å². The number of anilines is 1. The third-order valence-electron chi connectivity index (χ3n) is 3.70. The van der Waals surface area contributed by atoms with Crippen LogP contribution in [0.25, 0.3) is 0 Å². The minimum atomic E-state index is -0.00368. The Labute approximate surface area is 138 Å². The lowest BCUT2D eigenvalue weighted by Crippen LogP contribution is -2.40. The van der Waals surface area contributed by atoms with Gasteiger partial charge in [0.05, 0.1) is 25.5 Å². The molecule has 0 aliphatic carbocycles. The molecule has 1 heterocycles. The predicted molar refractivity (Wildman–Crippen MR) is 91.0 cm³/mol. The predicted octanol–water partition coefficient (Wildman–Crippen LogP) is 1.34. The molecule has 6 nitrogen and oxygen atoms in total. The summed E-state index contributed by atoms with van der Waals surface area (Å²) in [7, 11) is 0. The fraction of sp³-hybridized carbons (Fsp3) is 0.588. The second-order valence-corrected chi connectivity index (χ2v) is 5.43. The number of ether oxygens (including phenoxy) is 2. The molecule has 1 aliphatic heterocycles. The molecule has 1 aromatic carbocycles. The van der Waals surface area contributed by atoms with Crippen LogP contribution in [0.4, 0.5) is 5.69 Å². The molecule has 1 aliphatic rings. The van der Waals surface area contributed by atoms with Gasteiger partial charge in [-0.1, -0.05) is 12.1 Å². The van der Waals surface area contributed by atoms with Crippen molar-refractivity contribution in [3.05, 3.63) is 24.3 Å². The maximum absolute atomic E-state index is 12.0. The van der Waals surface area contributed by atoms with Gasteiger partial charge in [-0.15, -0.1) is 0 Å². The van der Waals surface area contributed by atoms with E-state index in [1.165, 1.54) is 0 Å². The number of nitrogens with zero attached hydrogens (tertiary/aromatic N) is 1. The first-order chi connectivity index (χ1) is 11.3. The van der Waals surface area contributed by atoms with Gasteiger partial charge >= 0.3 is 0 Å². The Morgan fingerprint density at radius 3 is 2.83 bits per heavy atom. The summed E-state index contributed by atoms with van der Waals surface area (Å²) in [5.74, 6) is 0.708. The lowest BCUT2D eigenvalue weighted by atomic mass is 10.2. The molecule has 23 heavy (non-hydrogen) atoms. The van der Waals surface area contributed by atoms with Crippen LogP contribution in [0.1, 0.15) is 13.3 Å². The van der Waals surface area contributed by atoms with Gasteiger partial charge in [-0.2, -0.15) is 0 Å². The van der Waals surface area contributed by atoms with Crippen molar-refractivity contribution in [1.29, 1.82) is 0 Å². The number of carbonyl (C=O) groups is 1. The molecule has 128 valence electrons. The number of hydrogen-bond donors (Lipinski definition) is 2. The second-order valence-electron chi connectivity index (χ2n) is 5.43. The fourth-order valence-electron chi connectivity index (χ4n) is 2.45. The average molecular weight is 321 g/mol. The summed E-state index contributed by atoms with van der Waals surface area (Å²) in [6.07, 6.45) is 0.448. The zero-order chi connectivity index (χ0) is 16.3. The summed E-state index contributed by atoms with van der Waals surface area (Å²) in [5, 5.41) is 6.22. The Morgan fingerprint density at radius 2 is 2.04 bits per heavy atom. The Kier molecular flexibility index (Phi) is 7.86. The molecule has 2 rings (SSSR count). The van der Waals surface area contributed by atoms with Crippen LogP contribution in [0, 0.1) is 0 Å². The summed E-state index contributed by atoms with van der Waals surface area (Å²) in [6, 6.07) is 7.50. The first-order valence-corrected chi connectivity index (χ1v) is 8.32. The fourth-order valence-corrected chi connectivity index (χ4v) is 2.45. The molecule has 0 saturated carbocycles. The zero-order valence-corrected chi connectivity index (χ0v) is 13.8. The minimum Gasteiger partial charge on any atom is -0.492 e. The van der Waals surface area contributed by atoms with E-state index in [2.05, 4.69) is 15.5 Å². The maximum atomic E-state index is 12.0. The van der Waals surface area contributed by atoms with Gasteiger partial charge in [-0.25, -0.2) is 0 Å². The smallest absolute Gasteiger partial charge is 0.225 e. The van der Waals surface area contributed by atoms with Crippen molar-refractivity contribution in [2.75, 3.05) is 57.9 Å². The molecular weight excluding hydrogens is 294 g/mol. The van der Waals surface area contributed by atoms with Crippen molar-refractivity contribution in [2.24, 2.45) is 0 Å². The molecule has 1 aromatic rings. The number of rotatable bonds is 9. The highest BCUT2D eigenvalue weighted by molar-refractivity contribution is 5.92. The van der Waals surface area contributed by atoms with Crippen LogP contribution >= 0.6 is 0 Å². The highest BCUT2D eigenvalue weighted by Crippen LogP contribution is 2.23. The van der Waals surface area contributed by atoms with Crippen LogP contribution in [0.5, 0.6) is 5.75 Å². The van der Waals surface area contributed by atoms with Crippen molar-refractivity contribution in [3.63, 3.8) is 0 Å². The van der Waals surface area contributed by atoms with E-state index in [0.29, 0.717) is 25.3 Å². The summed E-state index contributed by atoms with van der Waals surface area (Å²) in [4.78, 5) is 14.4. The van der Waals surface area contributed by atoms with Crippen LogP contribution in [-0.2, 0) is 9.53 Å². The minimum absolute atomic E-state index is 0.00368. The van der Waals surface area contributed by atoms with Crippen LogP contribution in [-0.4, -0.2) is 63.4 Å². The van der Waals surface area contributed by atoms with Crippen molar-refractivity contribution in [3.8, 4) is 5.75 Å². The molecule has 0 aromatic heterocycles. The van der Waals surface area contributed by atoms with Gasteiger partial charge < -0.3 is 20.1 Å². The number of para-hydroxylation sites is 2. The summed E-state index contributed by atoms with van der Waals surface area (Å²) < 4.78 is 10.8. The molecule has 6 heteroatoms. The number of morpholine rings is 1. The van der Waals surface area contributed by atoms with Gasteiger partial charge in [-0.3, -0.25) is 9.69 Å². The monoisotopic (exact) mass is 321 g/mol. The highest BCUT2D eigenvalue weighted by atomic mass is 16.5. The Bertz CT molecular complexity index is 476. The van der Waals surface area contributed by atoms with E-state index in [-0.39, 0.29) is 5.91 Å². The van der Waals surface area contributed by atoms with E-state index < -0.39 is 0 Å². The molecule has 1 fully saturated rings. The number of amides is 1. The largest absolute Gasteiger partial charge is 0.492 e. The Balaban J connectivity index is 1.61. The standard InChI is InChI=1S/C17H27N3O3/c1-2-23-16-6-4-3-5-15(16)19-17(21)7-8-18-9-10-20-11-13-22-14-12-20/h3-6,18H,2,7-14H2,1H3,(H,19,21). The SMILES string of the molecule is CCOc1ccccc1NC(=O)CCNCCN1CCOCC1. The van der Waals surface area contributed by atoms with Crippen molar-refractivity contribution < 1.29 is 14.3 Å². The van der Waals surface area contributed by atoms with Crippen molar-refractivity contribution in [1.82, 2.24) is 10.2 Å². The quantitative estimate of drug-likeness (QED) is 0.672. The zero-order valence-electron chi connectivity index (χ0n) is 13.8. The van der Waals surface area contributed by atoms with Crippen LogP contribution in [0.3, 0.4) is 0 Å². The van der Waals surface area contributed by atoms with E-state index >= 15 is 0 Å². The topological polar surface area (TPSA) is 62.8 Å². The van der Waals surface area contributed by atoms with Gasteiger partial charge in [0.15, 0.2) is 0 Å². The summed E-state index contributed by atoms with van der Waals surface area (Å²) >= 11 is 0. The molecule has 0 radical (unpaired) electrons. The lowest BCUT2D eigenvalue weighted by molar-refractivity contribution is -0.116. The molecule has 1 saturated heterocycles. The van der Waals surface area contributed by atoms with E-state index in [0.717, 1.165) is 45.1 Å². The first kappa shape index (κ1) is 17.7. The van der Waals surface area contributed by atoms with E-state index in [1.807, 2.05) is 31.2 Å². The van der Waals surface area contributed by atoms with Gasteiger partial charge in [0, 0.05) is 39.1 Å². The lowest BCUT2D eigenvalue weighted by Gasteiger charge is -2.26. The van der Waals surface area contributed by atoms with E-state index in [4.69, 9.17) is 9.47 Å². The molecule has 0 spiro atoms. The van der Waals surface area contributed by atoms with E-state index in [1.54, 1.807) is 0 Å². The molecule has 0 bridgehead atoms. The van der Waals surface area contributed by atoms with Gasteiger partial charge in [0.1, 0.15) is 5.75 Å². The van der Waals surface area contributed by atoms with Gasteiger partial charge in [-0.05, 0) is 19.1 Å². The first-order valence-electron chi connectivity index (χ1n) is 8.32. The normalized spacial score (nSPS) is 15.3. The molecule has 1 amide bonds. The van der Waals surface area contributed by atoms with Crippen molar-refractivity contribution in [2.45, 2.75) is 13.3 Å². The molecule has 0 unspecified atom stereocenters. The Hall–Kier alpha value is -1.63.